The molecule has 8 heteroatoms. The van der Waals surface area contributed by atoms with Crippen molar-refractivity contribution in [2.24, 2.45) is 5.10 Å². The van der Waals surface area contributed by atoms with E-state index in [9.17, 15) is 10.1 Å². The second kappa shape index (κ2) is 6.49. The molecule has 2 rings (SSSR count). The number of hydrogen-bond donors (Lipinski definition) is 0. The van der Waals surface area contributed by atoms with E-state index in [-0.39, 0.29) is 11.6 Å². The fourth-order valence-corrected chi connectivity index (χ4v) is 2.15. The van der Waals surface area contributed by atoms with Gasteiger partial charge in [0.15, 0.2) is 5.82 Å². The summed E-state index contributed by atoms with van der Waals surface area (Å²) in [5.41, 5.74) is 0.691. The molecule has 2 aromatic rings. The lowest BCUT2D eigenvalue weighted by atomic mass is 10.2. The smallest absolute Gasteiger partial charge is 0.258 e. The fourth-order valence-electron chi connectivity index (χ4n) is 1.72. The van der Waals surface area contributed by atoms with Crippen LogP contribution in [0.1, 0.15) is 31.2 Å². The summed E-state index contributed by atoms with van der Waals surface area (Å²) >= 11 is 1.44. The molecule has 0 bridgehead atoms. The first-order valence-electron chi connectivity index (χ1n) is 6.31. The minimum absolute atomic E-state index is 0.0388. The Morgan fingerprint density at radius 2 is 2.19 bits per heavy atom. The van der Waals surface area contributed by atoms with E-state index in [4.69, 9.17) is 0 Å². The van der Waals surface area contributed by atoms with E-state index >= 15 is 0 Å². The first-order valence-corrected chi connectivity index (χ1v) is 7.53. The summed E-state index contributed by atoms with van der Waals surface area (Å²) in [6.07, 6.45) is 3.47. The van der Waals surface area contributed by atoms with Gasteiger partial charge in [-0.05, 0) is 6.26 Å². The van der Waals surface area contributed by atoms with E-state index in [2.05, 4.69) is 15.3 Å². The third kappa shape index (κ3) is 3.46. The van der Waals surface area contributed by atoms with Gasteiger partial charge in [-0.15, -0.1) is 10.2 Å². The van der Waals surface area contributed by atoms with Crippen LogP contribution in [0, 0.1) is 10.1 Å². The number of nitro groups is 1. The molecule has 0 unspecified atom stereocenters. The van der Waals surface area contributed by atoms with Crippen LogP contribution in [-0.4, -0.2) is 32.3 Å². The molecule has 0 spiro atoms. The van der Waals surface area contributed by atoms with E-state index in [0.717, 1.165) is 5.82 Å². The van der Waals surface area contributed by atoms with Gasteiger partial charge >= 0.3 is 0 Å². The topological polar surface area (TPSA) is 86.2 Å². The van der Waals surface area contributed by atoms with Crippen molar-refractivity contribution >= 4 is 23.7 Å². The molecular weight excluding hydrogens is 290 g/mol. The quantitative estimate of drug-likeness (QED) is 0.367. The van der Waals surface area contributed by atoms with Crippen LogP contribution in [0.4, 0.5) is 5.69 Å². The molecule has 0 saturated carbocycles. The van der Waals surface area contributed by atoms with E-state index < -0.39 is 4.92 Å². The average Bonchev–Trinajstić information content (AvgIpc) is 2.88. The van der Waals surface area contributed by atoms with Crippen LogP contribution in [0.25, 0.3) is 0 Å². The van der Waals surface area contributed by atoms with Crippen molar-refractivity contribution in [3.63, 3.8) is 0 Å². The van der Waals surface area contributed by atoms with Gasteiger partial charge in [-0.2, -0.15) is 9.78 Å². The number of thioether (sulfide) groups is 1. The van der Waals surface area contributed by atoms with Crippen LogP contribution >= 0.6 is 11.8 Å². The molecule has 0 aliphatic rings. The summed E-state index contributed by atoms with van der Waals surface area (Å²) in [5, 5.41) is 24.0. The van der Waals surface area contributed by atoms with Crippen LogP contribution in [0.2, 0.25) is 0 Å². The Kier molecular flexibility index (Phi) is 4.69. The largest absolute Gasteiger partial charge is 0.270 e. The third-order valence-corrected chi connectivity index (χ3v) is 3.36. The van der Waals surface area contributed by atoms with Gasteiger partial charge in [0, 0.05) is 23.6 Å². The van der Waals surface area contributed by atoms with Crippen LogP contribution in [-0.2, 0) is 0 Å². The summed E-state index contributed by atoms with van der Waals surface area (Å²) < 4.78 is 1.66. The molecule has 0 fully saturated rings. The predicted octanol–water partition coefficient (Wildman–Crippen LogP) is 2.91. The van der Waals surface area contributed by atoms with Crippen LogP contribution in [0.3, 0.4) is 0 Å². The molecule has 7 nitrogen and oxygen atoms in total. The van der Waals surface area contributed by atoms with Gasteiger partial charge < -0.3 is 0 Å². The second-order valence-corrected chi connectivity index (χ2v) is 5.38. The standard InChI is InChI=1S/C13H15N5O2S/c1-9(2)12-15-16-13(21-3)17(12)14-8-10-5-4-6-11(7-10)18(19)20/h4-9H,1-3H3/b14-8-. The van der Waals surface area contributed by atoms with Gasteiger partial charge in [0.2, 0.25) is 5.16 Å². The molecule has 0 aliphatic carbocycles. The monoisotopic (exact) mass is 305 g/mol. The summed E-state index contributed by atoms with van der Waals surface area (Å²) in [5.74, 6) is 0.932. The number of aromatic nitrogens is 3. The molecule has 0 aliphatic heterocycles. The highest BCUT2D eigenvalue weighted by Crippen LogP contribution is 2.19. The molecule has 0 radical (unpaired) electrons. The Bertz CT molecular complexity index is 681. The summed E-state index contributed by atoms with van der Waals surface area (Å²) in [6.45, 7) is 4.01. The average molecular weight is 305 g/mol. The van der Waals surface area contributed by atoms with Gasteiger partial charge in [-0.1, -0.05) is 37.7 Å². The summed E-state index contributed by atoms with van der Waals surface area (Å²) in [4.78, 5) is 10.3. The number of nitrogens with zero attached hydrogens (tertiary/aromatic N) is 5. The SMILES string of the molecule is CSc1nnc(C(C)C)n1/N=C\c1cccc([N+](=O)[O-])c1. The van der Waals surface area contributed by atoms with Crippen LogP contribution in [0.5, 0.6) is 0 Å². The fraction of sp³-hybridized carbons (Fsp3) is 0.308. The van der Waals surface area contributed by atoms with Crippen molar-refractivity contribution < 1.29 is 4.92 Å². The maximum absolute atomic E-state index is 10.8. The lowest BCUT2D eigenvalue weighted by Gasteiger charge is -2.04. The first-order chi connectivity index (χ1) is 10.0. The summed E-state index contributed by atoms with van der Waals surface area (Å²) in [7, 11) is 0. The zero-order valence-corrected chi connectivity index (χ0v) is 12.7. The number of rotatable bonds is 5. The molecule has 110 valence electrons. The number of non-ortho nitro benzene ring substituents is 1. The lowest BCUT2D eigenvalue weighted by molar-refractivity contribution is -0.384. The molecule has 0 N–H and O–H groups in total. The van der Waals surface area contributed by atoms with E-state index in [1.807, 2.05) is 20.1 Å². The zero-order chi connectivity index (χ0) is 15.4. The highest BCUT2D eigenvalue weighted by Gasteiger charge is 2.13. The highest BCUT2D eigenvalue weighted by atomic mass is 32.2. The maximum Gasteiger partial charge on any atom is 0.270 e. The Balaban J connectivity index is 2.35. The number of benzene rings is 1. The van der Waals surface area contributed by atoms with Crippen molar-refractivity contribution in [2.45, 2.75) is 24.9 Å². The Labute approximate surface area is 126 Å². The molecular formula is C13H15N5O2S. The zero-order valence-electron chi connectivity index (χ0n) is 11.9. The first kappa shape index (κ1) is 15.2. The predicted molar refractivity (Wildman–Crippen MR) is 82.0 cm³/mol. The molecule has 1 heterocycles. The summed E-state index contributed by atoms with van der Waals surface area (Å²) in [6, 6.07) is 6.31. The Morgan fingerprint density at radius 1 is 1.43 bits per heavy atom. The van der Waals surface area contributed by atoms with E-state index in [1.165, 1.54) is 23.9 Å². The number of nitro benzene ring substituents is 1. The minimum atomic E-state index is -0.428. The van der Waals surface area contributed by atoms with Crippen molar-refractivity contribution in [1.82, 2.24) is 14.9 Å². The van der Waals surface area contributed by atoms with E-state index in [1.54, 1.807) is 23.0 Å². The van der Waals surface area contributed by atoms with E-state index in [0.29, 0.717) is 10.7 Å². The van der Waals surface area contributed by atoms with Crippen molar-refractivity contribution in [3.05, 3.63) is 45.8 Å². The van der Waals surface area contributed by atoms with Gasteiger partial charge in [-0.3, -0.25) is 10.1 Å². The Morgan fingerprint density at radius 3 is 2.81 bits per heavy atom. The van der Waals surface area contributed by atoms with Gasteiger partial charge in [0.1, 0.15) is 0 Å². The molecule has 0 atom stereocenters. The molecule has 1 aromatic carbocycles. The number of hydrogen-bond acceptors (Lipinski definition) is 6. The van der Waals surface area contributed by atoms with Crippen LogP contribution < -0.4 is 0 Å². The Hall–Kier alpha value is -2.22. The lowest BCUT2D eigenvalue weighted by Crippen LogP contribution is -2.02. The van der Waals surface area contributed by atoms with Gasteiger partial charge in [0.05, 0.1) is 11.1 Å². The van der Waals surface area contributed by atoms with Crippen molar-refractivity contribution in [3.8, 4) is 0 Å². The van der Waals surface area contributed by atoms with Crippen molar-refractivity contribution in [1.29, 1.82) is 0 Å². The maximum atomic E-state index is 10.8. The van der Waals surface area contributed by atoms with Gasteiger partial charge in [0.25, 0.3) is 5.69 Å². The van der Waals surface area contributed by atoms with Crippen molar-refractivity contribution in [2.75, 3.05) is 6.26 Å². The molecule has 0 amide bonds. The molecule has 0 saturated heterocycles. The second-order valence-electron chi connectivity index (χ2n) is 4.61. The molecule has 1 aromatic heterocycles. The molecule has 21 heavy (non-hydrogen) atoms. The van der Waals surface area contributed by atoms with Gasteiger partial charge in [-0.25, -0.2) is 0 Å². The van der Waals surface area contributed by atoms with Crippen LogP contribution in [0.15, 0.2) is 34.5 Å². The highest BCUT2D eigenvalue weighted by molar-refractivity contribution is 7.98. The third-order valence-electron chi connectivity index (χ3n) is 2.74. The normalized spacial score (nSPS) is 11.4. The minimum Gasteiger partial charge on any atom is -0.258 e.